The van der Waals surface area contributed by atoms with Crippen LogP contribution in [0, 0.1) is 0 Å². The lowest BCUT2D eigenvalue weighted by Crippen LogP contribution is -2.51. The van der Waals surface area contributed by atoms with Crippen molar-refractivity contribution in [2.75, 3.05) is 11.9 Å². The monoisotopic (exact) mass is 468 g/mol. The van der Waals surface area contributed by atoms with Crippen LogP contribution in [0.2, 0.25) is 5.02 Å². The molecule has 1 heterocycles. The lowest BCUT2D eigenvalue weighted by Gasteiger charge is -2.34. The maximum absolute atomic E-state index is 12.9. The third-order valence-electron chi connectivity index (χ3n) is 5.01. The topological polar surface area (TPSA) is 75.7 Å². The van der Waals surface area contributed by atoms with Crippen molar-refractivity contribution in [2.45, 2.75) is 38.6 Å². The Morgan fingerprint density at radius 3 is 2.19 bits per heavy atom. The summed E-state index contributed by atoms with van der Waals surface area (Å²) in [6.45, 7) is 4.45. The number of ether oxygens (including phenoxy) is 1. The Morgan fingerprint density at radius 2 is 1.66 bits per heavy atom. The number of nitrogens with zero attached hydrogens (tertiary/aromatic N) is 1. The molecule has 170 valence electrons. The van der Waals surface area contributed by atoms with E-state index in [4.69, 9.17) is 16.3 Å². The smallest absolute Gasteiger partial charge is 0.366 e. The molecule has 0 fully saturated rings. The zero-order valence-electron chi connectivity index (χ0n) is 17.4. The molecule has 2 aromatic rings. The molecule has 0 aromatic heterocycles. The summed E-state index contributed by atoms with van der Waals surface area (Å²) in [7, 11) is 0. The quantitative estimate of drug-likeness (QED) is 0.619. The second-order valence-corrected chi connectivity index (χ2v) is 8.35. The molecule has 2 aromatic carbocycles. The Balaban J connectivity index is 1.67. The first-order valence-corrected chi connectivity index (χ1v) is 9.98. The Morgan fingerprint density at radius 1 is 1.09 bits per heavy atom. The fourth-order valence-electron chi connectivity index (χ4n) is 3.24. The van der Waals surface area contributed by atoms with Crippen LogP contribution >= 0.6 is 11.6 Å². The first-order valence-electron chi connectivity index (χ1n) is 9.60. The van der Waals surface area contributed by atoms with Gasteiger partial charge in [0.2, 0.25) is 0 Å². The fraction of sp³-hybridized carbons (Fsp3) is 0.318. The van der Waals surface area contributed by atoms with Crippen LogP contribution in [0.5, 0.6) is 0 Å². The lowest BCUT2D eigenvalue weighted by molar-refractivity contribution is -0.137. The van der Waals surface area contributed by atoms with Crippen LogP contribution in [0.4, 0.5) is 18.9 Å². The van der Waals surface area contributed by atoms with Gasteiger partial charge in [0.05, 0.1) is 39.5 Å². The maximum atomic E-state index is 12.9. The molecule has 1 aliphatic rings. The molecule has 1 atom stereocenters. The van der Waals surface area contributed by atoms with E-state index in [0.29, 0.717) is 0 Å². The number of amides is 3. The summed E-state index contributed by atoms with van der Waals surface area (Å²) in [5.74, 6) is -1.66. The van der Waals surface area contributed by atoms with Crippen molar-refractivity contribution in [1.29, 1.82) is 0 Å². The Labute approximate surface area is 187 Å². The molecule has 6 nitrogen and oxygen atoms in total. The zero-order chi connectivity index (χ0) is 23.8. The summed E-state index contributed by atoms with van der Waals surface area (Å²) in [4.78, 5) is 38.9. The highest BCUT2D eigenvalue weighted by Crippen LogP contribution is 2.34. The number of hydrogen-bond donors (Lipinski definition) is 1. The van der Waals surface area contributed by atoms with Crippen molar-refractivity contribution < 1.29 is 32.3 Å². The molecule has 32 heavy (non-hydrogen) atoms. The first-order chi connectivity index (χ1) is 14.8. The number of alkyl halides is 3. The van der Waals surface area contributed by atoms with Gasteiger partial charge in [0, 0.05) is 0 Å². The third-order valence-corrected chi connectivity index (χ3v) is 5.34. The van der Waals surface area contributed by atoms with E-state index in [1.54, 1.807) is 38.1 Å². The van der Waals surface area contributed by atoms with E-state index in [9.17, 15) is 27.6 Å². The number of rotatable bonds is 6. The number of nitrogens with one attached hydrogen (secondary N) is 1. The molecule has 1 aliphatic heterocycles. The van der Waals surface area contributed by atoms with E-state index in [1.807, 2.05) is 0 Å². The van der Waals surface area contributed by atoms with E-state index >= 15 is 0 Å². The summed E-state index contributed by atoms with van der Waals surface area (Å²) < 4.78 is 44.3. The van der Waals surface area contributed by atoms with Crippen LogP contribution < -0.4 is 5.32 Å². The molecule has 0 spiro atoms. The summed E-state index contributed by atoms with van der Waals surface area (Å²) in [5.41, 5.74) is -1.68. The third kappa shape index (κ3) is 4.63. The summed E-state index contributed by atoms with van der Waals surface area (Å²) in [5, 5.41) is 2.25. The minimum atomic E-state index is -4.59. The van der Waals surface area contributed by atoms with Gasteiger partial charge in [-0.1, -0.05) is 23.7 Å². The second kappa shape index (κ2) is 8.55. The SMILES string of the molecule is CC(OCC(C)(C)N1C(=O)c2ccccc2C1=O)C(=O)Nc1cc(C(F)(F)F)ccc1Cl. The lowest BCUT2D eigenvalue weighted by atomic mass is 10.0. The molecule has 1 N–H and O–H groups in total. The Bertz CT molecular complexity index is 1050. The number of anilines is 1. The molecule has 0 saturated carbocycles. The van der Waals surface area contributed by atoms with E-state index in [-0.39, 0.29) is 28.4 Å². The van der Waals surface area contributed by atoms with Crippen molar-refractivity contribution in [3.63, 3.8) is 0 Å². The second-order valence-electron chi connectivity index (χ2n) is 7.94. The van der Waals surface area contributed by atoms with E-state index in [0.717, 1.165) is 23.1 Å². The molecule has 3 amide bonds. The van der Waals surface area contributed by atoms with E-state index in [1.165, 1.54) is 6.92 Å². The van der Waals surface area contributed by atoms with Crippen molar-refractivity contribution in [3.8, 4) is 0 Å². The number of hydrogen-bond acceptors (Lipinski definition) is 4. The average Bonchev–Trinajstić information content (AvgIpc) is 2.98. The van der Waals surface area contributed by atoms with Crippen molar-refractivity contribution >= 4 is 35.0 Å². The van der Waals surface area contributed by atoms with Gasteiger partial charge in [0.15, 0.2) is 0 Å². The molecule has 0 aliphatic carbocycles. The molecule has 0 saturated heterocycles. The predicted octanol–water partition coefficient (Wildman–Crippen LogP) is 4.78. The number of carbonyl (C=O) groups excluding carboxylic acids is 3. The standard InChI is InChI=1S/C22H20ClF3N2O4/c1-12(18(29)27-17-10-13(22(24,25)26)8-9-16(17)23)32-11-21(2,3)28-19(30)14-6-4-5-7-15(14)20(28)31/h4-10,12H,11H2,1-3H3,(H,27,29). The van der Waals surface area contributed by atoms with Crippen LogP contribution in [0.1, 0.15) is 47.1 Å². The highest BCUT2D eigenvalue weighted by Gasteiger charge is 2.44. The Hall–Kier alpha value is -2.91. The van der Waals surface area contributed by atoms with Crippen molar-refractivity contribution in [3.05, 3.63) is 64.2 Å². The predicted molar refractivity (Wildman–Crippen MR) is 112 cm³/mol. The summed E-state index contributed by atoms with van der Waals surface area (Å²) in [6, 6.07) is 9.00. The first kappa shape index (κ1) is 23.7. The number of halogens is 4. The van der Waals surface area contributed by atoms with Crippen LogP contribution in [0.3, 0.4) is 0 Å². The van der Waals surface area contributed by atoms with Crippen LogP contribution in [0.15, 0.2) is 42.5 Å². The summed E-state index contributed by atoms with van der Waals surface area (Å²) in [6.07, 6.45) is -5.70. The molecule has 1 unspecified atom stereocenters. The largest absolute Gasteiger partial charge is 0.416 e. The minimum Gasteiger partial charge on any atom is -0.366 e. The normalized spacial score (nSPS) is 15.0. The highest BCUT2D eigenvalue weighted by atomic mass is 35.5. The summed E-state index contributed by atoms with van der Waals surface area (Å²) >= 11 is 5.90. The van der Waals surface area contributed by atoms with Gasteiger partial charge in [0.1, 0.15) is 6.10 Å². The fourth-order valence-corrected chi connectivity index (χ4v) is 3.40. The average molecular weight is 469 g/mol. The van der Waals surface area contributed by atoms with Gasteiger partial charge in [-0.3, -0.25) is 19.3 Å². The minimum absolute atomic E-state index is 0.0649. The van der Waals surface area contributed by atoms with Gasteiger partial charge in [-0.2, -0.15) is 13.2 Å². The van der Waals surface area contributed by atoms with Gasteiger partial charge in [0.25, 0.3) is 17.7 Å². The van der Waals surface area contributed by atoms with Gasteiger partial charge < -0.3 is 10.1 Å². The zero-order valence-corrected chi connectivity index (χ0v) is 18.2. The van der Waals surface area contributed by atoms with E-state index in [2.05, 4.69) is 5.32 Å². The molecule has 0 bridgehead atoms. The number of imide groups is 1. The van der Waals surface area contributed by atoms with Crippen LogP contribution in [0.25, 0.3) is 0 Å². The molecule has 0 radical (unpaired) electrons. The Kier molecular flexibility index (Phi) is 6.35. The van der Waals surface area contributed by atoms with Gasteiger partial charge >= 0.3 is 6.18 Å². The van der Waals surface area contributed by atoms with Gasteiger partial charge in [-0.15, -0.1) is 0 Å². The maximum Gasteiger partial charge on any atom is 0.416 e. The number of benzene rings is 2. The number of fused-ring (bicyclic) bond motifs is 1. The van der Waals surface area contributed by atoms with Crippen LogP contribution in [-0.4, -0.2) is 40.9 Å². The van der Waals surface area contributed by atoms with Gasteiger partial charge in [-0.25, -0.2) is 0 Å². The molecular formula is C22H20ClF3N2O4. The van der Waals surface area contributed by atoms with E-state index < -0.39 is 41.1 Å². The molecular weight excluding hydrogens is 449 g/mol. The molecule has 3 rings (SSSR count). The number of carbonyl (C=O) groups is 3. The van der Waals surface area contributed by atoms with Crippen LogP contribution in [-0.2, 0) is 15.7 Å². The van der Waals surface area contributed by atoms with Crippen molar-refractivity contribution in [1.82, 2.24) is 4.90 Å². The highest BCUT2D eigenvalue weighted by molar-refractivity contribution is 6.33. The molecule has 10 heteroatoms. The van der Waals surface area contributed by atoms with Crippen molar-refractivity contribution in [2.24, 2.45) is 0 Å². The van der Waals surface area contributed by atoms with Gasteiger partial charge in [-0.05, 0) is 51.1 Å².